The van der Waals surface area contributed by atoms with Crippen LogP contribution in [0, 0.1) is 0 Å². The summed E-state index contributed by atoms with van der Waals surface area (Å²) < 4.78 is 10.7. The van der Waals surface area contributed by atoms with Crippen molar-refractivity contribution in [2.45, 2.75) is 31.6 Å². The van der Waals surface area contributed by atoms with Gasteiger partial charge in [-0.05, 0) is 43.0 Å². The van der Waals surface area contributed by atoms with Gasteiger partial charge in [-0.1, -0.05) is 47.6 Å². The first-order valence-electron chi connectivity index (χ1n) is 11.2. The largest absolute Gasteiger partial charge is 0.496 e. The molecule has 168 valence electrons. The smallest absolute Gasteiger partial charge is 0.227 e. The average Bonchev–Trinajstić information content (AvgIpc) is 3.32. The van der Waals surface area contributed by atoms with Crippen LogP contribution in [0.3, 0.4) is 0 Å². The number of ether oxygens (including phenoxy) is 1. The van der Waals surface area contributed by atoms with Gasteiger partial charge in [0.25, 0.3) is 0 Å². The van der Waals surface area contributed by atoms with Crippen molar-refractivity contribution < 1.29 is 14.1 Å². The van der Waals surface area contributed by atoms with Crippen molar-refractivity contribution in [2.75, 3.05) is 33.3 Å². The number of likely N-dealkylation sites (tertiary alicyclic amines) is 1. The summed E-state index contributed by atoms with van der Waals surface area (Å²) in [5, 5.41) is 7.04. The van der Waals surface area contributed by atoms with Crippen molar-refractivity contribution in [1.82, 2.24) is 20.4 Å². The van der Waals surface area contributed by atoms with Gasteiger partial charge in [0, 0.05) is 32.5 Å². The molecular formula is C25H30N4O3. The first-order valence-corrected chi connectivity index (χ1v) is 11.2. The number of aryl methyl sites for hydroxylation is 1. The van der Waals surface area contributed by atoms with Gasteiger partial charge in [-0.25, -0.2) is 0 Å². The summed E-state index contributed by atoms with van der Waals surface area (Å²) in [5.41, 5.74) is 2.18. The highest BCUT2D eigenvalue weighted by molar-refractivity contribution is 5.76. The zero-order valence-corrected chi connectivity index (χ0v) is 18.5. The van der Waals surface area contributed by atoms with Gasteiger partial charge in [0.15, 0.2) is 0 Å². The molecule has 0 aliphatic carbocycles. The number of para-hydroxylation sites is 1. The van der Waals surface area contributed by atoms with E-state index in [0.29, 0.717) is 42.8 Å². The Morgan fingerprint density at radius 3 is 2.84 bits per heavy atom. The number of methoxy groups -OCH3 is 1. The number of nitrogens with one attached hydrogen (secondary N) is 1. The lowest BCUT2D eigenvalue weighted by Crippen LogP contribution is -2.40. The maximum absolute atomic E-state index is 12.3. The molecule has 1 aromatic heterocycles. The molecule has 2 heterocycles. The highest BCUT2D eigenvalue weighted by Gasteiger charge is 2.21. The summed E-state index contributed by atoms with van der Waals surface area (Å²) in [6.45, 7) is 3.66. The Bertz CT molecular complexity index is 1010. The molecule has 32 heavy (non-hydrogen) atoms. The molecule has 7 nitrogen and oxygen atoms in total. The zero-order chi connectivity index (χ0) is 22.2. The predicted octanol–water partition coefficient (Wildman–Crippen LogP) is 3.67. The van der Waals surface area contributed by atoms with Crippen LogP contribution in [0.25, 0.3) is 11.4 Å². The van der Waals surface area contributed by atoms with Crippen LogP contribution in [0.2, 0.25) is 0 Å². The third-order valence-corrected chi connectivity index (χ3v) is 5.91. The fourth-order valence-corrected chi connectivity index (χ4v) is 4.21. The molecular weight excluding hydrogens is 404 g/mol. The second-order valence-corrected chi connectivity index (χ2v) is 8.11. The molecule has 1 atom stereocenters. The number of amides is 1. The van der Waals surface area contributed by atoms with Crippen LogP contribution in [0.15, 0.2) is 59.1 Å². The molecule has 0 bridgehead atoms. The van der Waals surface area contributed by atoms with Crippen molar-refractivity contribution in [1.29, 1.82) is 0 Å². The number of hydrogen-bond acceptors (Lipinski definition) is 6. The first-order chi connectivity index (χ1) is 15.7. The summed E-state index contributed by atoms with van der Waals surface area (Å²) >= 11 is 0. The van der Waals surface area contributed by atoms with Crippen molar-refractivity contribution in [2.24, 2.45) is 0 Å². The standard InChI is InChI=1S/C25H30N4O3/c1-31-22-12-6-5-11-21(22)25-27-24(32-28-25)14-13-23(30)26-15-17-29-16-7-10-20(18-29)19-8-3-2-4-9-19/h2-6,8-9,11-12,20H,7,10,13-18H2,1H3,(H,26,30)/t20-/m0/s1. The summed E-state index contributed by atoms with van der Waals surface area (Å²) in [5.74, 6) is 2.18. The molecule has 1 saturated heterocycles. The third-order valence-electron chi connectivity index (χ3n) is 5.91. The van der Waals surface area contributed by atoms with Gasteiger partial charge in [-0.3, -0.25) is 4.79 Å². The maximum Gasteiger partial charge on any atom is 0.227 e. The Morgan fingerprint density at radius 2 is 2.00 bits per heavy atom. The van der Waals surface area contributed by atoms with Gasteiger partial charge >= 0.3 is 0 Å². The molecule has 0 saturated carbocycles. The molecule has 0 unspecified atom stereocenters. The topological polar surface area (TPSA) is 80.5 Å². The lowest BCUT2D eigenvalue weighted by Gasteiger charge is -2.33. The lowest BCUT2D eigenvalue weighted by atomic mass is 9.91. The number of hydrogen-bond donors (Lipinski definition) is 1. The normalized spacial score (nSPS) is 16.6. The Morgan fingerprint density at radius 1 is 1.19 bits per heavy atom. The van der Waals surface area contributed by atoms with Gasteiger partial charge in [0.2, 0.25) is 17.6 Å². The Labute approximate surface area is 188 Å². The van der Waals surface area contributed by atoms with E-state index in [0.717, 1.165) is 25.2 Å². The average molecular weight is 435 g/mol. The maximum atomic E-state index is 12.3. The van der Waals surface area contributed by atoms with E-state index in [2.05, 4.69) is 50.7 Å². The van der Waals surface area contributed by atoms with Crippen molar-refractivity contribution in [3.8, 4) is 17.1 Å². The highest BCUT2D eigenvalue weighted by Crippen LogP contribution is 2.27. The molecule has 4 rings (SSSR count). The molecule has 7 heteroatoms. The molecule has 2 aromatic carbocycles. The van der Waals surface area contributed by atoms with Crippen LogP contribution < -0.4 is 10.1 Å². The zero-order valence-electron chi connectivity index (χ0n) is 18.5. The highest BCUT2D eigenvalue weighted by atomic mass is 16.5. The van der Waals surface area contributed by atoms with Crippen molar-refractivity contribution in [3.05, 3.63) is 66.1 Å². The van der Waals surface area contributed by atoms with E-state index >= 15 is 0 Å². The van der Waals surface area contributed by atoms with E-state index in [1.807, 2.05) is 24.3 Å². The quantitative estimate of drug-likeness (QED) is 0.553. The Hall–Kier alpha value is -3.19. The Kier molecular flexibility index (Phi) is 7.51. The second-order valence-electron chi connectivity index (χ2n) is 8.11. The molecule has 0 spiro atoms. The minimum atomic E-state index is -0.00124. The van der Waals surface area contributed by atoms with Gasteiger partial charge in [-0.2, -0.15) is 4.98 Å². The SMILES string of the molecule is COc1ccccc1-c1noc(CCC(=O)NCCN2CCC[C@H](c3ccccc3)C2)n1. The van der Waals surface area contributed by atoms with E-state index in [-0.39, 0.29) is 5.91 Å². The van der Waals surface area contributed by atoms with Crippen LogP contribution in [-0.4, -0.2) is 54.2 Å². The van der Waals surface area contributed by atoms with Gasteiger partial charge in [0.1, 0.15) is 5.75 Å². The molecule has 1 fully saturated rings. The summed E-state index contributed by atoms with van der Waals surface area (Å²) in [6.07, 6.45) is 3.15. The lowest BCUT2D eigenvalue weighted by molar-refractivity contribution is -0.121. The number of nitrogens with zero attached hydrogens (tertiary/aromatic N) is 3. The van der Waals surface area contributed by atoms with Gasteiger partial charge < -0.3 is 19.5 Å². The number of piperidine rings is 1. The minimum absolute atomic E-state index is 0.00124. The fraction of sp³-hybridized carbons (Fsp3) is 0.400. The van der Waals surface area contributed by atoms with Crippen molar-refractivity contribution >= 4 is 5.91 Å². The summed E-state index contributed by atoms with van der Waals surface area (Å²) in [6, 6.07) is 18.2. The van der Waals surface area contributed by atoms with Gasteiger partial charge in [-0.15, -0.1) is 0 Å². The van der Waals surface area contributed by atoms with E-state index in [9.17, 15) is 4.79 Å². The van der Waals surface area contributed by atoms with Crippen LogP contribution in [0.1, 0.15) is 36.6 Å². The number of carbonyl (C=O) groups excluding carboxylic acids is 1. The van der Waals surface area contributed by atoms with E-state index < -0.39 is 0 Å². The van der Waals surface area contributed by atoms with E-state index in [1.54, 1.807) is 7.11 Å². The van der Waals surface area contributed by atoms with E-state index in [4.69, 9.17) is 9.26 Å². The number of carbonyl (C=O) groups is 1. The second kappa shape index (κ2) is 10.9. The van der Waals surface area contributed by atoms with Crippen LogP contribution >= 0.6 is 0 Å². The molecule has 3 aromatic rings. The van der Waals surface area contributed by atoms with Crippen LogP contribution in [0.5, 0.6) is 5.75 Å². The predicted molar refractivity (Wildman–Crippen MR) is 122 cm³/mol. The molecule has 1 aliphatic heterocycles. The Balaban J connectivity index is 1.19. The number of aromatic nitrogens is 2. The number of rotatable bonds is 9. The number of benzene rings is 2. The minimum Gasteiger partial charge on any atom is -0.496 e. The fourth-order valence-electron chi connectivity index (χ4n) is 4.21. The molecule has 1 N–H and O–H groups in total. The summed E-state index contributed by atoms with van der Waals surface area (Å²) in [4.78, 5) is 19.1. The van der Waals surface area contributed by atoms with Crippen molar-refractivity contribution in [3.63, 3.8) is 0 Å². The molecule has 1 aliphatic rings. The molecule has 0 radical (unpaired) electrons. The summed E-state index contributed by atoms with van der Waals surface area (Å²) in [7, 11) is 1.61. The van der Waals surface area contributed by atoms with Gasteiger partial charge in [0.05, 0.1) is 12.7 Å². The monoisotopic (exact) mass is 434 g/mol. The van der Waals surface area contributed by atoms with E-state index in [1.165, 1.54) is 18.4 Å². The van der Waals surface area contributed by atoms with Crippen LogP contribution in [0.4, 0.5) is 0 Å². The van der Waals surface area contributed by atoms with Crippen LogP contribution in [-0.2, 0) is 11.2 Å². The third kappa shape index (κ3) is 5.73. The first kappa shape index (κ1) is 22.0. The molecule has 1 amide bonds.